The Hall–Kier alpha value is -2.60. The minimum atomic E-state index is -0.614. The maximum atomic E-state index is 12.3. The van der Waals surface area contributed by atoms with Gasteiger partial charge in [0.1, 0.15) is 11.8 Å². The number of nitrogens with one attached hydrogen (secondary N) is 2. The topological polar surface area (TPSA) is 67.4 Å². The number of carbonyl (C=O) groups is 2. The van der Waals surface area contributed by atoms with Crippen molar-refractivity contribution in [3.05, 3.63) is 58.3 Å². The second-order valence-electron chi connectivity index (χ2n) is 5.82. The highest BCUT2D eigenvalue weighted by molar-refractivity contribution is 7.10. The number of benzene rings is 1. The monoisotopic (exact) mass is 372 g/mol. The quantitative estimate of drug-likeness (QED) is 0.697. The van der Waals surface area contributed by atoms with Crippen molar-refractivity contribution in [2.75, 3.05) is 7.11 Å². The summed E-state index contributed by atoms with van der Waals surface area (Å²) >= 11 is 1.61. The molecule has 0 aliphatic heterocycles. The third-order valence-electron chi connectivity index (χ3n) is 3.91. The van der Waals surface area contributed by atoms with Crippen molar-refractivity contribution in [3.63, 3.8) is 0 Å². The predicted molar refractivity (Wildman–Crippen MR) is 105 cm³/mol. The summed E-state index contributed by atoms with van der Waals surface area (Å²) in [6.45, 7) is 3.70. The van der Waals surface area contributed by atoms with E-state index in [2.05, 4.69) is 10.6 Å². The smallest absolute Gasteiger partial charge is 0.244 e. The number of hydrogen-bond donors (Lipinski definition) is 2. The van der Waals surface area contributed by atoms with Crippen LogP contribution in [0.1, 0.15) is 36.8 Å². The highest BCUT2D eigenvalue weighted by Gasteiger charge is 2.19. The molecule has 0 radical (unpaired) electrons. The fourth-order valence-corrected chi connectivity index (χ4v) is 3.24. The summed E-state index contributed by atoms with van der Waals surface area (Å²) in [5.41, 5.74) is 0.877. The van der Waals surface area contributed by atoms with Crippen LogP contribution in [0.2, 0.25) is 0 Å². The van der Waals surface area contributed by atoms with Gasteiger partial charge in [-0.15, -0.1) is 11.3 Å². The molecule has 6 heteroatoms. The predicted octanol–water partition coefficient (Wildman–Crippen LogP) is 3.54. The van der Waals surface area contributed by atoms with Gasteiger partial charge in [-0.2, -0.15) is 0 Å². The van der Waals surface area contributed by atoms with E-state index in [0.717, 1.165) is 22.6 Å². The first-order chi connectivity index (χ1) is 12.5. The summed E-state index contributed by atoms with van der Waals surface area (Å²) in [5.74, 6) is 0.247. The molecule has 0 bridgehead atoms. The van der Waals surface area contributed by atoms with Crippen molar-refractivity contribution < 1.29 is 14.3 Å². The second kappa shape index (κ2) is 9.77. The van der Waals surface area contributed by atoms with E-state index in [1.54, 1.807) is 31.4 Å². The maximum absolute atomic E-state index is 12.3. The molecule has 2 aromatic rings. The lowest BCUT2D eigenvalue weighted by molar-refractivity contribution is -0.127. The zero-order chi connectivity index (χ0) is 18.9. The van der Waals surface area contributed by atoms with Crippen molar-refractivity contribution in [2.24, 2.45) is 0 Å². The highest BCUT2D eigenvalue weighted by Crippen LogP contribution is 2.21. The van der Waals surface area contributed by atoms with Gasteiger partial charge in [-0.05, 0) is 48.6 Å². The first-order valence-corrected chi connectivity index (χ1v) is 9.37. The zero-order valence-electron chi connectivity index (χ0n) is 15.2. The van der Waals surface area contributed by atoms with Gasteiger partial charge in [0.25, 0.3) is 0 Å². The molecular weight excluding hydrogens is 348 g/mol. The van der Waals surface area contributed by atoms with Gasteiger partial charge in [0, 0.05) is 11.0 Å². The van der Waals surface area contributed by atoms with Gasteiger partial charge >= 0.3 is 0 Å². The van der Waals surface area contributed by atoms with Crippen LogP contribution in [0.25, 0.3) is 6.08 Å². The van der Waals surface area contributed by atoms with Crippen LogP contribution in [0.5, 0.6) is 5.75 Å². The molecule has 1 heterocycles. The van der Waals surface area contributed by atoms with E-state index < -0.39 is 6.04 Å². The van der Waals surface area contributed by atoms with E-state index in [9.17, 15) is 9.59 Å². The van der Waals surface area contributed by atoms with Crippen molar-refractivity contribution in [2.45, 2.75) is 32.4 Å². The first kappa shape index (κ1) is 19.7. The van der Waals surface area contributed by atoms with Crippen molar-refractivity contribution in [1.29, 1.82) is 0 Å². The number of ether oxygens (including phenoxy) is 1. The Morgan fingerprint density at radius 3 is 2.50 bits per heavy atom. The second-order valence-corrected chi connectivity index (χ2v) is 6.80. The summed E-state index contributed by atoms with van der Waals surface area (Å²) in [7, 11) is 1.60. The average Bonchev–Trinajstić information content (AvgIpc) is 3.19. The fourth-order valence-electron chi connectivity index (χ4n) is 2.37. The fraction of sp³-hybridized carbons (Fsp3) is 0.300. The van der Waals surface area contributed by atoms with Crippen LogP contribution in [0, 0.1) is 0 Å². The summed E-state index contributed by atoms with van der Waals surface area (Å²) < 4.78 is 5.09. The van der Waals surface area contributed by atoms with Crippen LogP contribution in [0.4, 0.5) is 0 Å². The van der Waals surface area contributed by atoms with Crippen LogP contribution in [-0.4, -0.2) is 25.0 Å². The molecule has 0 saturated heterocycles. The molecule has 0 fully saturated rings. The maximum Gasteiger partial charge on any atom is 0.244 e. The van der Waals surface area contributed by atoms with Gasteiger partial charge < -0.3 is 15.4 Å². The Balaban J connectivity index is 1.86. The molecule has 1 aromatic heterocycles. The molecule has 2 amide bonds. The highest BCUT2D eigenvalue weighted by atomic mass is 32.1. The number of thiophene rings is 1. The SMILES string of the molecule is CCC(NC(=O)C(C)NC(=O)C=Cc1ccc(OC)cc1)c1cccs1. The van der Waals surface area contributed by atoms with E-state index >= 15 is 0 Å². The zero-order valence-corrected chi connectivity index (χ0v) is 16.0. The van der Waals surface area contributed by atoms with Crippen LogP contribution < -0.4 is 15.4 Å². The Kier molecular flexibility index (Phi) is 7.41. The molecule has 2 unspecified atom stereocenters. The third-order valence-corrected chi connectivity index (χ3v) is 4.89. The molecule has 0 aliphatic carbocycles. The van der Waals surface area contributed by atoms with Gasteiger partial charge in [0.2, 0.25) is 11.8 Å². The molecule has 2 rings (SSSR count). The van der Waals surface area contributed by atoms with Crippen LogP contribution >= 0.6 is 11.3 Å². The Morgan fingerprint density at radius 2 is 1.92 bits per heavy atom. The van der Waals surface area contributed by atoms with E-state index in [0.29, 0.717) is 0 Å². The Morgan fingerprint density at radius 1 is 1.19 bits per heavy atom. The van der Waals surface area contributed by atoms with Crippen molar-refractivity contribution in [3.8, 4) is 5.75 Å². The molecule has 1 aromatic carbocycles. The number of rotatable bonds is 8. The molecule has 0 aliphatic rings. The average molecular weight is 372 g/mol. The van der Waals surface area contributed by atoms with Crippen LogP contribution in [0.15, 0.2) is 47.9 Å². The summed E-state index contributed by atoms with van der Waals surface area (Å²) in [4.78, 5) is 25.5. The minimum Gasteiger partial charge on any atom is -0.497 e. The molecule has 0 spiro atoms. The van der Waals surface area contributed by atoms with Crippen LogP contribution in [-0.2, 0) is 9.59 Å². The van der Waals surface area contributed by atoms with Gasteiger partial charge in [-0.25, -0.2) is 0 Å². The molecular formula is C20H24N2O3S. The number of amides is 2. The summed E-state index contributed by atoms with van der Waals surface area (Å²) in [5, 5.41) is 7.65. The van der Waals surface area contributed by atoms with Gasteiger partial charge in [0.05, 0.1) is 13.2 Å². The number of carbonyl (C=O) groups excluding carboxylic acids is 2. The standard InChI is InChI=1S/C20H24N2O3S/c1-4-17(18-6-5-13-26-18)22-20(24)14(2)21-19(23)12-9-15-7-10-16(25-3)11-8-15/h5-14,17H,4H2,1-3H3,(H,21,23)(H,22,24). The molecule has 5 nitrogen and oxygen atoms in total. The molecule has 138 valence electrons. The largest absolute Gasteiger partial charge is 0.497 e. The number of hydrogen-bond acceptors (Lipinski definition) is 4. The Bertz CT molecular complexity index is 739. The first-order valence-electron chi connectivity index (χ1n) is 8.50. The summed E-state index contributed by atoms with van der Waals surface area (Å²) in [6, 6.07) is 10.7. The minimum absolute atomic E-state index is 0.0308. The van der Waals surface area contributed by atoms with Crippen LogP contribution in [0.3, 0.4) is 0 Å². The van der Waals surface area contributed by atoms with Gasteiger partial charge in [0.15, 0.2) is 0 Å². The molecule has 2 N–H and O–H groups in total. The molecule has 26 heavy (non-hydrogen) atoms. The Labute approximate surface area is 158 Å². The summed E-state index contributed by atoms with van der Waals surface area (Å²) in [6.07, 6.45) is 3.91. The van der Waals surface area contributed by atoms with E-state index in [1.165, 1.54) is 6.08 Å². The van der Waals surface area contributed by atoms with Gasteiger partial charge in [-0.1, -0.05) is 25.1 Å². The van der Waals surface area contributed by atoms with E-state index in [1.807, 2.05) is 48.7 Å². The third kappa shape index (κ3) is 5.74. The number of methoxy groups -OCH3 is 1. The lowest BCUT2D eigenvalue weighted by Gasteiger charge is -2.19. The normalized spacial score (nSPS) is 13.2. The van der Waals surface area contributed by atoms with Crippen molar-refractivity contribution in [1.82, 2.24) is 10.6 Å². The lowest BCUT2D eigenvalue weighted by atomic mass is 10.1. The van der Waals surface area contributed by atoms with E-state index in [4.69, 9.17) is 4.74 Å². The lowest BCUT2D eigenvalue weighted by Crippen LogP contribution is -2.45. The molecule has 0 saturated carbocycles. The van der Waals surface area contributed by atoms with Crippen molar-refractivity contribution >= 4 is 29.2 Å². The van der Waals surface area contributed by atoms with Gasteiger partial charge in [-0.3, -0.25) is 9.59 Å². The molecule has 2 atom stereocenters. The van der Waals surface area contributed by atoms with E-state index in [-0.39, 0.29) is 17.9 Å².